The molecule has 1 aliphatic heterocycles. The molecule has 3 N–H and O–H groups in total. The van der Waals surface area contributed by atoms with E-state index in [0.717, 1.165) is 27.2 Å². The zero-order valence-corrected chi connectivity index (χ0v) is 17.0. The number of carbonyl (C=O) groups excluding carboxylic acids is 2. The topological polar surface area (TPSA) is 116 Å². The second-order valence-electron chi connectivity index (χ2n) is 7.93. The van der Waals surface area contributed by atoms with Crippen LogP contribution >= 0.6 is 0 Å². The number of carboxylic acids is 1. The number of hydrogen-bond donors (Lipinski definition) is 3. The first kappa shape index (κ1) is 20.9. The van der Waals surface area contributed by atoms with Gasteiger partial charge in [0.2, 0.25) is 5.91 Å². The Morgan fingerprint density at radius 3 is 2.26 bits per heavy atom. The molecule has 2 aromatic rings. The minimum atomic E-state index is -1.18. The van der Waals surface area contributed by atoms with Crippen molar-refractivity contribution in [2.24, 2.45) is 0 Å². The van der Waals surface area contributed by atoms with Crippen LogP contribution in [0.15, 0.2) is 48.5 Å². The summed E-state index contributed by atoms with van der Waals surface area (Å²) >= 11 is 0. The lowest BCUT2D eigenvalue weighted by Crippen LogP contribution is -2.50. The molecule has 0 bridgehead atoms. The van der Waals surface area contributed by atoms with E-state index in [4.69, 9.17) is 4.74 Å². The van der Waals surface area contributed by atoms with E-state index in [1.165, 1.54) is 6.92 Å². The molecule has 1 fully saturated rings. The fourth-order valence-electron chi connectivity index (χ4n) is 4.42. The lowest BCUT2D eigenvalue weighted by Gasteiger charge is -2.25. The van der Waals surface area contributed by atoms with Gasteiger partial charge in [0.1, 0.15) is 18.7 Å². The normalized spacial score (nSPS) is 20.6. The number of amides is 2. The van der Waals surface area contributed by atoms with Crippen LogP contribution in [0.5, 0.6) is 0 Å². The summed E-state index contributed by atoms with van der Waals surface area (Å²) in [6, 6.07) is 13.9. The fourth-order valence-corrected chi connectivity index (χ4v) is 4.42. The van der Waals surface area contributed by atoms with Crippen molar-refractivity contribution in [3.8, 4) is 11.1 Å². The number of hydrogen-bond acceptors (Lipinski definition) is 5. The van der Waals surface area contributed by atoms with Gasteiger partial charge in [-0.2, -0.15) is 0 Å². The lowest BCUT2D eigenvalue weighted by atomic mass is 9.98. The van der Waals surface area contributed by atoms with E-state index in [1.54, 1.807) is 0 Å². The van der Waals surface area contributed by atoms with Crippen molar-refractivity contribution in [1.29, 1.82) is 0 Å². The Morgan fingerprint density at radius 1 is 1.10 bits per heavy atom. The molecule has 8 heteroatoms. The highest BCUT2D eigenvalue weighted by Crippen LogP contribution is 2.44. The molecule has 1 aliphatic carbocycles. The minimum Gasteiger partial charge on any atom is -0.480 e. The van der Waals surface area contributed by atoms with Crippen LogP contribution in [-0.2, 0) is 14.3 Å². The number of benzene rings is 2. The zero-order valence-electron chi connectivity index (χ0n) is 17.0. The standard InChI is InChI=1S/C23H24N2O6/c1-13(21(27)25-11-14(26)10-20(25)22(28)29)24-23(30)31-12-19-17-8-4-2-6-15(17)16-7-3-5-9-18(16)19/h2-9,13-14,19-20,26H,10-12H2,1H3,(H,24,30)(H,28,29)/t13?,14?,20-/m0/s1. The van der Waals surface area contributed by atoms with Crippen molar-refractivity contribution in [3.63, 3.8) is 0 Å². The van der Waals surface area contributed by atoms with Crippen LogP contribution in [0.3, 0.4) is 0 Å². The van der Waals surface area contributed by atoms with Crippen LogP contribution in [0.4, 0.5) is 4.79 Å². The lowest BCUT2D eigenvalue weighted by molar-refractivity contribution is -0.148. The fraction of sp³-hybridized carbons (Fsp3) is 0.348. The molecule has 2 amide bonds. The highest BCUT2D eigenvalue weighted by Gasteiger charge is 2.40. The molecule has 0 aromatic heterocycles. The van der Waals surface area contributed by atoms with Gasteiger partial charge in [-0.25, -0.2) is 9.59 Å². The third-order valence-electron chi connectivity index (χ3n) is 5.90. The van der Waals surface area contributed by atoms with Gasteiger partial charge >= 0.3 is 12.1 Å². The molecule has 0 radical (unpaired) electrons. The molecule has 8 nitrogen and oxygen atoms in total. The van der Waals surface area contributed by atoms with Gasteiger partial charge in [0, 0.05) is 18.9 Å². The highest BCUT2D eigenvalue weighted by molar-refractivity contribution is 5.89. The van der Waals surface area contributed by atoms with Gasteiger partial charge < -0.3 is 25.2 Å². The average molecular weight is 424 g/mol. The van der Waals surface area contributed by atoms with Crippen molar-refractivity contribution in [2.45, 2.75) is 37.5 Å². The number of nitrogens with one attached hydrogen (secondary N) is 1. The van der Waals surface area contributed by atoms with Crippen LogP contribution in [-0.4, -0.2) is 64.4 Å². The molecule has 0 spiro atoms. The number of fused-ring (bicyclic) bond motifs is 3. The maximum absolute atomic E-state index is 12.6. The number of β-amino-alcohol motifs (C(OH)–C–C–N with tert-alkyl or cyclic N) is 1. The number of likely N-dealkylation sites (tertiary alicyclic amines) is 1. The summed E-state index contributed by atoms with van der Waals surface area (Å²) in [4.78, 5) is 37.4. The molecule has 1 heterocycles. The first-order chi connectivity index (χ1) is 14.9. The van der Waals surface area contributed by atoms with Gasteiger partial charge in [-0.3, -0.25) is 4.79 Å². The second kappa shape index (κ2) is 8.39. The third-order valence-corrected chi connectivity index (χ3v) is 5.90. The number of carboxylic acid groups (broad SMARTS) is 1. The predicted molar refractivity (Wildman–Crippen MR) is 111 cm³/mol. The zero-order chi connectivity index (χ0) is 22.1. The number of carbonyl (C=O) groups is 3. The van der Waals surface area contributed by atoms with Gasteiger partial charge in [-0.1, -0.05) is 48.5 Å². The van der Waals surface area contributed by atoms with E-state index in [1.807, 2.05) is 48.5 Å². The summed E-state index contributed by atoms with van der Waals surface area (Å²) in [5.41, 5.74) is 4.39. The first-order valence-electron chi connectivity index (χ1n) is 10.2. The predicted octanol–water partition coefficient (Wildman–Crippen LogP) is 1.96. The Labute approximate surface area is 179 Å². The van der Waals surface area contributed by atoms with Crippen molar-refractivity contribution in [2.75, 3.05) is 13.2 Å². The SMILES string of the molecule is CC(NC(=O)OCC1c2ccccc2-c2ccccc21)C(=O)N1CC(O)C[C@H]1C(=O)O. The molecule has 2 aliphatic rings. The summed E-state index contributed by atoms with van der Waals surface area (Å²) in [6.07, 6.45) is -1.68. The summed E-state index contributed by atoms with van der Waals surface area (Å²) in [5, 5.41) is 21.5. The van der Waals surface area contributed by atoms with Gasteiger partial charge in [0.05, 0.1) is 6.10 Å². The van der Waals surface area contributed by atoms with Crippen LogP contribution in [0.1, 0.15) is 30.4 Å². The highest BCUT2D eigenvalue weighted by atomic mass is 16.5. The number of rotatable bonds is 5. The number of ether oxygens (including phenoxy) is 1. The van der Waals surface area contributed by atoms with Crippen LogP contribution in [0.2, 0.25) is 0 Å². The monoisotopic (exact) mass is 424 g/mol. The molecule has 4 rings (SSSR count). The maximum Gasteiger partial charge on any atom is 0.407 e. The van der Waals surface area contributed by atoms with E-state index in [-0.39, 0.29) is 25.5 Å². The number of alkyl carbamates (subject to hydrolysis) is 1. The number of aliphatic carboxylic acids is 1. The Balaban J connectivity index is 1.39. The Bertz CT molecular complexity index is 977. The van der Waals surface area contributed by atoms with E-state index in [9.17, 15) is 24.6 Å². The molecule has 1 saturated heterocycles. The molecule has 2 unspecified atom stereocenters. The first-order valence-corrected chi connectivity index (χ1v) is 10.2. The smallest absolute Gasteiger partial charge is 0.407 e. The van der Waals surface area contributed by atoms with E-state index < -0.39 is 36.2 Å². The van der Waals surface area contributed by atoms with Crippen LogP contribution in [0.25, 0.3) is 11.1 Å². The van der Waals surface area contributed by atoms with Crippen molar-refractivity contribution < 1.29 is 29.3 Å². The summed E-state index contributed by atoms with van der Waals surface area (Å²) in [5.74, 6) is -1.86. The quantitative estimate of drug-likeness (QED) is 0.676. The van der Waals surface area contributed by atoms with Gasteiger partial charge in [0.25, 0.3) is 0 Å². The Kier molecular flexibility index (Phi) is 5.65. The largest absolute Gasteiger partial charge is 0.480 e. The summed E-state index contributed by atoms with van der Waals surface area (Å²) in [6.45, 7) is 1.50. The number of aliphatic hydroxyl groups excluding tert-OH is 1. The molecule has 2 aromatic carbocycles. The molecule has 162 valence electrons. The number of aliphatic hydroxyl groups is 1. The minimum absolute atomic E-state index is 0.0290. The Hall–Kier alpha value is -3.39. The third kappa shape index (κ3) is 3.98. The van der Waals surface area contributed by atoms with Crippen molar-refractivity contribution in [1.82, 2.24) is 10.2 Å². The second-order valence-corrected chi connectivity index (χ2v) is 7.93. The number of nitrogens with zero attached hydrogens (tertiary/aromatic N) is 1. The average Bonchev–Trinajstić information content (AvgIpc) is 3.30. The van der Waals surface area contributed by atoms with Crippen molar-refractivity contribution in [3.05, 3.63) is 59.7 Å². The van der Waals surface area contributed by atoms with Gasteiger partial charge in [-0.05, 0) is 29.2 Å². The molecule has 0 saturated carbocycles. The van der Waals surface area contributed by atoms with E-state index in [2.05, 4.69) is 5.32 Å². The van der Waals surface area contributed by atoms with E-state index in [0.29, 0.717) is 0 Å². The Morgan fingerprint density at radius 2 is 1.68 bits per heavy atom. The maximum atomic E-state index is 12.6. The van der Waals surface area contributed by atoms with Crippen LogP contribution < -0.4 is 5.32 Å². The van der Waals surface area contributed by atoms with Crippen LogP contribution in [0, 0.1) is 0 Å². The van der Waals surface area contributed by atoms with Crippen molar-refractivity contribution >= 4 is 18.0 Å². The summed E-state index contributed by atoms with van der Waals surface area (Å²) in [7, 11) is 0. The van der Waals surface area contributed by atoms with Gasteiger partial charge in [0.15, 0.2) is 0 Å². The summed E-state index contributed by atoms with van der Waals surface area (Å²) < 4.78 is 5.43. The molecular formula is C23H24N2O6. The van der Waals surface area contributed by atoms with E-state index >= 15 is 0 Å². The molecule has 3 atom stereocenters. The van der Waals surface area contributed by atoms with Gasteiger partial charge in [-0.15, -0.1) is 0 Å². The molecular weight excluding hydrogens is 400 g/mol. The molecule has 31 heavy (non-hydrogen) atoms.